The van der Waals surface area contributed by atoms with Gasteiger partial charge in [-0.05, 0) is 37.1 Å². The van der Waals surface area contributed by atoms with Crippen LogP contribution in [-0.4, -0.2) is 36.5 Å². The average Bonchev–Trinajstić information content (AvgIpc) is 3.13. The van der Waals surface area contributed by atoms with Crippen LogP contribution in [-0.2, 0) is 0 Å². The van der Waals surface area contributed by atoms with Crippen molar-refractivity contribution in [3.05, 3.63) is 36.1 Å². The smallest absolute Gasteiger partial charge is 0.251 e. The predicted octanol–water partition coefficient (Wildman–Crippen LogP) is 1.87. The number of piperidine rings is 1. The predicted molar refractivity (Wildman–Crippen MR) is 72.0 cm³/mol. The molecule has 0 aliphatic carbocycles. The van der Waals surface area contributed by atoms with E-state index in [1.165, 1.54) is 13.0 Å². The number of hydrogen-bond acceptors (Lipinski definition) is 3. The van der Waals surface area contributed by atoms with Crippen LogP contribution in [0.4, 0.5) is 0 Å². The second-order valence-corrected chi connectivity index (χ2v) is 5.56. The molecule has 3 atom stereocenters. The minimum Gasteiger partial charge on any atom is -0.464 e. The summed E-state index contributed by atoms with van der Waals surface area (Å²) in [5.41, 5.74) is 1.45. The van der Waals surface area contributed by atoms with Crippen LogP contribution in [0.15, 0.2) is 34.9 Å². The zero-order valence-corrected chi connectivity index (χ0v) is 10.6. The number of hydrogen-bond donors (Lipinski definition) is 1. The third-order valence-electron chi connectivity index (χ3n) is 4.37. The Labute approximate surface area is 111 Å². The number of fused-ring (bicyclic) bond motifs is 3. The highest BCUT2D eigenvalue weighted by Crippen LogP contribution is 2.28. The van der Waals surface area contributed by atoms with Gasteiger partial charge in [0.1, 0.15) is 5.58 Å². The van der Waals surface area contributed by atoms with Crippen LogP contribution in [0.5, 0.6) is 0 Å². The van der Waals surface area contributed by atoms with Crippen molar-refractivity contribution in [2.24, 2.45) is 5.92 Å². The summed E-state index contributed by atoms with van der Waals surface area (Å²) in [5.74, 6) is 0.647. The number of carbonyl (C=O) groups is 1. The largest absolute Gasteiger partial charge is 0.464 e. The number of carbonyl (C=O) groups excluding carboxylic acids is 1. The van der Waals surface area contributed by atoms with Gasteiger partial charge in [0.25, 0.3) is 5.91 Å². The lowest BCUT2D eigenvalue weighted by molar-refractivity contribution is 0.0924. The van der Waals surface area contributed by atoms with E-state index >= 15 is 0 Å². The van der Waals surface area contributed by atoms with E-state index in [0.717, 1.165) is 24.1 Å². The second kappa shape index (κ2) is 4.10. The Balaban J connectivity index is 1.53. The topological polar surface area (TPSA) is 45.5 Å². The molecule has 2 saturated heterocycles. The molecular weight excluding hydrogens is 240 g/mol. The molecule has 98 valence electrons. The van der Waals surface area contributed by atoms with E-state index in [1.807, 2.05) is 24.3 Å². The third-order valence-corrected chi connectivity index (χ3v) is 4.37. The molecule has 2 bridgehead atoms. The van der Waals surface area contributed by atoms with Crippen LogP contribution in [0.2, 0.25) is 0 Å². The van der Waals surface area contributed by atoms with E-state index in [4.69, 9.17) is 4.42 Å². The van der Waals surface area contributed by atoms with Gasteiger partial charge in [0.15, 0.2) is 0 Å². The van der Waals surface area contributed by atoms with E-state index in [-0.39, 0.29) is 5.91 Å². The van der Waals surface area contributed by atoms with Crippen LogP contribution in [0.3, 0.4) is 0 Å². The Morgan fingerprint density at radius 3 is 3.05 bits per heavy atom. The fourth-order valence-corrected chi connectivity index (χ4v) is 3.30. The SMILES string of the molecule is O=C(N[C@@H]1CN2CC[C@@H]1C2)c1ccc2ccoc2c1. The van der Waals surface area contributed by atoms with Crippen molar-refractivity contribution in [3.8, 4) is 0 Å². The summed E-state index contributed by atoms with van der Waals surface area (Å²) in [6, 6.07) is 7.82. The van der Waals surface area contributed by atoms with Crippen molar-refractivity contribution in [2.45, 2.75) is 12.5 Å². The molecule has 2 fully saturated rings. The molecule has 2 aliphatic heterocycles. The minimum absolute atomic E-state index is 0.0112. The van der Waals surface area contributed by atoms with E-state index < -0.39 is 0 Å². The lowest BCUT2D eigenvalue weighted by Gasteiger charge is -2.23. The molecule has 1 aromatic heterocycles. The summed E-state index contributed by atoms with van der Waals surface area (Å²) in [6.45, 7) is 3.33. The van der Waals surface area contributed by atoms with Crippen molar-refractivity contribution in [3.63, 3.8) is 0 Å². The first kappa shape index (κ1) is 11.1. The lowest BCUT2D eigenvalue weighted by Crippen LogP contribution is -2.43. The monoisotopic (exact) mass is 256 g/mol. The van der Waals surface area contributed by atoms with Gasteiger partial charge < -0.3 is 14.6 Å². The molecule has 0 spiro atoms. The first-order valence-corrected chi connectivity index (χ1v) is 6.80. The molecule has 1 amide bonds. The first-order valence-electron chi connectivity index (χ1n) is 6.80. The Morgan fingerprint density at radius 1 is 1.32 bits per heavy atom. The quantitative estimate of drug-likeness (QED) is 0.892. The molecule has 2 aromatic rings. The first-order chi connectivity index (χ1) is 9.29. The number of amides is 1. The maximum absolute atomic E-state index is 12.3. The summed E-state index contributed by atoms with van der Waals surface area (Å²) in [6.07, 6.45) is 2.86. The van der Waals surface area contributed by atoms with Crippen molar-refractivity contribution in [1.82, 2.24) is 10.2 Å². The molecule has 0 saturated carbocycles. The molecule has 0 radical (unpaired) electrons. The molecule has 4 rings (SSSR count). The van der Waals surface area contributed by atoms with Crippen LogP contribution in [0.25, 0.3) is 11.0 Å². The zero-order chi connectivity index (χ0) is 12.8. The number of nitrogens with zero attached hydrogens (tertiary/aromatic N) is 1. The molecule has 3 heterocycles. The van der Waals surface area contributed by atoms with Crippen molar-refractivity contribution in [2.75, 3.05) is 19.6 Å². The average molecular weight is 256 g/mol. The standard InChI is InChI=1S/C15H16N2O2/c18-15(16-13-9-17-5-3-12(13)8-17)11-2-1-10-4-6-19-14(10)7-11/h1-2,4,6-7,12-13H,3,5,8-9H2,(H,16,18)/t12-,13-/m1/s1. The van der Waals surface area contributed by atoms with Crippen LogP contribution < -0.4 is 5.32 Å². The van der Waals surface area contributed by atoms with E-state index in [2.05, 4.69) is 10.2 Å². The molecular formula is C15H16N2O2. The number of benzene rings is 1. The molecule has 2 aliphatic rings. The Morgan fingerprint density at radius 2 is 2.26 bits per heavy atom. The summed E-state index contributed by atoms with van der Waals surface area (Å²) in [4.78, 5) is 14.7. The summed E-state index contributed by atoms with van der Waals surface area (Å²) in [7, 11) is 0. The zero-order valence-electron chi connectivity index (χ0n) is 10.6. The van der Waals surface area contributed by atoms with Gasteiger partial charge in [0.2, 0.25) is 0 Å². The molecule has 19 heavy (non-hydrogen) atoms. The van der Waals surface area contributed by atoms with Gasteiger partial charge in [-0.25, -0.2) is 0 Å². The van der Waals surface area contributed by atoms with Gasteiger partial charge in [-0.3, -0.25) is 4.79 Å². The van der Waals surface area contributed by atoms with Gasteiger partial charge in [-0.1, -0.05) is 6.07 Å². The molecule has 1 aromatic carbocycles. The Hall–Kier alpha value is -1.81. The maximum Gasteiger partial charge on any atom is 0.251 e. The number of nitrogens with one attached hydrogen (secondary N) is 1. The van der Waals surface area contributed by atoms with Crippen molar-refractivity contribution < 1.29 is 9.21 Å². The molecule has 4 nitrogen and oxygen atoms in total. The van der Waals surface area contributed by atoms with Crippen molar-refractivity contribution >= 4 is 16.9 Å². The van der Waals surface area contributed by atoms with Gasteiger partial charge in [0.05, 0.1) is 6.26 Å². The minimum atomic E-state index is 0.0112. The molecule has 1 unspecified atom stereocenters. The van der Waals surface area contributed by atoms with Crippen molar-refractivity contribution in [1.29, 1.82) is 0 Å². The van der Waals surface area contributed by atoms with E-state index in [0.29, 0.717) is 17.5 Å². The maximum atomic E-state index is 12.3. The molecule has 4 heteroatoms. The number of rotatable bonds is 2. The van der Waals surface area contributed by atoms with Gasteiger partial charge in [-0.15, -0.1) is 0 Å². The van der Waals surface area contributed by atoms with Crippen LogP contribution in [0.1, 0.15) is 16.8 Å². The fraction of sp³-hybridized carbons (Fsp3) is 0.400. The Kier molecular flexibility index (Phi) is 2.38. The second-order valence-electron chi connectivity index (χ2n) is 5.56. The Bertz CT molecular complexity index is 634. The number of furan rings is 1. The third kappa shape index (κ3) is 1.83. The van der Waals surface area contributed by atoms with E-state index in [9.17, 15) is 4.79 Å². The molecule has 1 N–H and O–H groups in total. The lowest BCUT2D eigenvalue weighted by atomic mass is 9.99. The van der Waals surface area contributed by atoms with Crippen LogP contribution in [0, 0.1) is 5.92 Å². The fourth-order valence-electron chi connectivity index (χ4n) is 3.30. The van der Waals surface area contributed by atoms with E-state index in [1.54, 1.807) is 6.26 Å². The summed E-state index contributed by atoms with van der Waals surface area (Å²) in [5, 5.41) is 4.19. The summed E-state index contributed by atoms with van der Waals surface area (Å²) >= 11 is 0. The normalized spacial score (nSPS) is 28.9. The highest BCUT2D eigenvalue weighted by Gasteiger charge is 2.38. The highest BCUT2D eigenvalue weighted by molar-refractivity contribution is 5.97. The highest BCUT2D eigenvalue weighted by atomic mass is 16.3. The van der Waals surface area contributed by atoms with Gasteiger partial charge in [0, 0.05) is 30.1 Å². The van der Waals surface area contributed by atoms with Gasteiger partial charge in [-0.2, -0.15) is 0 Å². The summed E-state index contributed by atoms with van der Waals surface area (Å²) < 4.78 is 5.34. The van der Waals surface area contributed by atoms with Gasteiger partial charge >= 0.3 is 0 Å². The van der Waals surface area contributed by atoms with Crippen LogP contribution >= 0.6 is 0 Å².